The van der Waals surface area contributed by atoms with E-state index in [1.807, 2.05) is 52.2 Å². The fourth-order valence-electron chi connectivity index (χ4n) is 4.16. The first-order valence-electron chi connectivity index (χ1n) is 9.97. The first kappa shape index (κ1) is 22.2. The molecule has 0 saturated carbocycles. The highest BCUT2D eigenvalue weighted by atomic mass is 32.2. The van der Waals surface area contributed by atoms with E-state index in [1.165, 1.54) is 11.6 Å². The summed E-state index contributed by atoms with van der Waals surface area (Å²) < 4.78 is 25.2. The molecule has 0 spiro atoms. The van der Waals surface area contributed by atoms with E-state index in [-0.39, 0.29) is 18.4 Å². The second-order valence-electron chi connectivity index (χ2n) is 8.51. The number of amides is 2. The molecule has 2 aliphatic rings. The number of fused-ring (bicyclic) bond motifs is 1. The number of hydrogen-bond acceptors (Lipinski definition) is 5. The lowest BCUT2D eigenvalue weighted by atomic mass is 9.89. The van der Waals surface area contributed by atoms with Crippen LogP contribution in [0.2, 0.25) is 0 Å². The van der Waals surface area contributed by atoms with Gasteiger partial charge in [-0.1, -0.05) is 38.1 Å². The molecule has 2 amide bonds. The van der Waals surface area contributed by atoms with Crippen molar-refractivity contribution in [2.75, 3.05) is 26.9 Å². The fraction of sp³-hybridized carbons (Fsp3) is 0.455. The third kappa shape index (κ3) is 4.34. The summed E-state index contributed by atoms with van der Waals surface area (Å²) in [6.07, 6.45) is 5.93. The Morgan fingerprint density at radius 2 is 1.87 bits per heavy atom. The van der Waals surface area contributed by atoms with Gasteiger partial charge in [0.15, 0.2) is 0 Å². The van der Waals surface area contributed by atoms with Crippen molar-refractivity contribution in [1.82, 2.24) is 14.1 Å². The van der Waals surface area contributed by atoms with Crippen LogP contribution in [-0.4, -0.2) is 67.3 Å². The Bertz CT molecular complexity index is 994. The zero-order valence-corrected chi connectivity index (χ0v) is 18.9. The molecule has 3 rings (SSSR count). The topological polar surface area (TPSA) is 78.0 Å². The van der Waals surface area contributed by atoms with E-state index in [9.17, 15) is 18.0 Å². The third-order valence-electron chi connectivity index (χ3n) is 5.43. The van der Waals surface area contributed by atoms with Crippen LogP contribution in [-0.2, 0) is 26.2 Å². The second-order valence-corrected chi connectivity index (χ2v) is 10.3. The number of benzene rings is 1. The number of sulfonamides is 1. The Balaban J connectivity index is 1.79. The summed E-state index contributed by atoms with van der Waals surface area (Å²) in [7, 11) is 0.282. The van der Waals surface area contributed by atoms with Crippen LogP contribution in [0, 0.1) is 11.8 Å². The zero-order valence-electron chi connectivity index (χ0n) is 18.1. The minimum Gasteiger partial charge on any atom is -0.326 e. The van der Waals surface area contributed by atoms with Crippen LogP contribution in [0.4, 0.5) is 0 Å². The summed E-state index contributed by atoms with van der Waals surface area (Å²) in [4.78, 5) is 29.4. The van der Waals surface area contributed by atoms with Gasteiger partial charge in [0.05, 0.1) is 23.9 Å². The van der Waals surface area contributed by atoms with Gasteiger partial charge in [-0.15, -0.1) is 0 Å². The number of carbonyl (C=O) groups is 2. The van der Waals surface area contributed by atoms with Gasteiger partial charge in [0.25, 0.3) is 0 Å². The van der Waals surface area contributed by atoms with Gasteiger partial charge < -0.3 is 9.80 Å². The molecule has 0 aliphatic carbocycles. The van der Waals surface area contributed by atoms with Crippen LogP contribution in [0.15, 0.2) is 42.1 Å². The number of hydrogen-bond donors (Lipinski definition) is 0. The Kier molecular flexibility index (Phi) is 6.19. The molecule has 30 heavy (non-hydrogen) atoms. The summed E-state index contributed by atoms with van der Waals surface area (Å²) in [6, 6.07) is 7.41. The smallest absolute Gasteiger partial charge is 0.247 e. The average Bonchev–Trinajstić information content (AvgIpc) is 3.15. The van der Waals surface area contributed by atoms with E-state index < -0.39 is 27.9 Å². The molecule has 2 atom stereocenters. The highest BCUT2D eigenvalue weighted by molar-refractivity contribution is 7.89. The van der Waals surface area contributed by atoms with Gasteiger partial charge >= 0.3 is 0 Å². The molecule has 0 unspecified atom stereocenters. The molecule has 0 N–H and O–H groups in total. The number of carbonyl (C=O) groups excluding carboxylic acids is 2. The molecule has 1 fully saturated rings. The monoisotopic (exact) mass is 431 g/mol. The van der Waals surface area contributed by atoms with E-state index in [2.05, 4.69) is 4.90 Å². The van der Waals surface area contributed by atoms with Crippen molar-refractivity contribution >= 4 is 27.9 Å². The summed E-state index contributed by atoms with van der Waals surface area (Å²) >= 11 is 0. The molecule has 1 saturated heterocycles. The molecule has 2 heterocycles. The van der Waals surface area contributed by atoms with Gasteiger partial charge in [0.2, 0.25) is 21.8 Å². The minimum atomic E-state index is -3.73. The van der Waals surface area contributed by atoms with Crippen LogP contribution < -0.4 is 0 Å². The first-order chi connectivity index (χ1) is 14.0. The fourth-order valence-corrected chi connectivity index (χ4v) is 5.17. The van der Waals surface area contributed by atoms with Crippen LogP contribution in [0.3, 0.4) is 0 Å². The summed E-state index contributed by atoms with van der Waals surface area (Å²) in [6.45, 7) is 4.87. The highest BCUT2D eigenvalue weighted by Gasteiger charge is 2.54. The predicted molar refractivity (Wildman–Crippen MR) is 116 cm³/mol. The lowest BCUT2D eigenvalue weighted by Crippen LogP contribution is -2.42. The molecule has 0 bridgehead atoms. The second kappa shape index (κ2) is 8.35. The maximum atomic E-state index is 12.9. The van der Waals surface area contributed by atoms with Crippen molar-refractivity contribution in [2.24, 2.45) is 11.8 Å². The van der Waals surface area contributed by atoms with E-state index in [0.29, 0.717) is 5.70 Å². The van der Waals surface area contributed by atoms with Crippen molar-refractivity contribution in [3.8, 4) is 0 Å². The van der Waals surface area contributed by atoms with E-state index in [0.717, 1.165) is 22.7 Å². The van der Waals surface area contributed by atoms with Gasteiger partial charge in [-0.25, -0.2) is 12.7 Å². The van der Waals surface area contributed by atoms with Crippen molar-refractivity contribution in [3.63, 3.8) is 0 Å². The zero-order chi connectivity index (χ0) is 22.2. The van der Waals surface area contributed by atoms with Crippen LogP contribution >= 0.6 is 0 Å². The highest BCUT2D eigenvalue weighted by Crippen LogP contribution is 2.41. The summed E-state index contributed by atoms with van der Waals surface area (Å²) in [5, 5.41) is 0. The van der Waals surface area contributed by atoms with Crippen LogP contribution in [0.1, 0.15) is 25.0 Å². The Labute approximate surface area is 178 Å². The number of nitrogens with zero attached hydrogens (tertiary/aromatic N) is 3. The molecule has 2 aliphatic heterocycles. The van der Waals surface area contributed by atoms with Gasteiger partial charge in [0, 0.05) is 19.2 Å². The first-order valence-corrected chi connectivity index (χ1v) is 11.8. The average molecular weight is 432 g/mol. The van der Waals surface area contributed by atoms with Crippen molar-refractivity contribution < 1.29 is 18.0 Å². The largest absolute Gasteiger partial charge is 0.326 e. The normalized spacial score (nSPS) is 21.8. The Morgan fingerprint density at radius 3 is 2.40 bits per heavy atom. The lowest BCUT2D eigenvalue weighted by molar-refractivity contribution is -0.131. The van der Waals surface area contributed by atoms with Gasteiger partial charge in [-0.05, 0) is 43.3 Å². The standard InChI is InChI=1S/C22H29N3O4S/c1-15(2)20-21-18(25(22(20)27)30(5,28)29)12-13-24(21)19(26)11-10-16-6-8-17(9-7-16)14-23(3)4/h6-12,15,20-21H,13-14H2,1-5H3/t20-,21+/m1/s1. The molecule has 8 heteroatoms. The quantitative estimate of drug-likeness (QED) is 0.643. The summed E-state index contributed by atoms with van der Waals surface area (Å²) in [5.74, 6) is -1.37. The molecule has 1 aromatic rings. The van der Waals surface area contributed by atoms with Crippen molar-refractivity contribution in [2.45, 2.75) is 26.4 Å². The maximum Gasteiger partial charge on any atom is 0.247 e. The van der Waals surface area contributed by atoms with E-state index >= 15 is 0 Å². The molecule has 0 radical (unpaired) electrons. The Hall–Kier alpha value is -2.45. The molecule has 7 nitrogen and oxygen atoms in total. The molecular formula is C22H29N3O4S. The molecule has 1 aromatic carbocycles. The van der Waals surface area contributed by atoms with Gasteiger partial charge in [0.1, 0.15) is 0 Å². The van der Waals surface area contributed by atoms with Gasteiger partial charge in [-0.2, -0.15) is 0 Å². The minimum absolute atomic E-state index is 0.0979. The van der Waals surface area contributed by atoms with Crippen molar-refractivity contribution in [1.29, 1.82) is 0 Å². The van der Waals surface area contributed by atoms with Crippen LogP contribution in [0.5, 0.6) is 0 Å². The Morgan fingerprint density at radius 1 is 1.23 bits per heavy atom. The lowest BCUT2D eigenvalue weighted by Gasteiger charge is -2.27. The number of rotatable bonds is 6. The maximum absolute atomic E-state index is 12.9. The van der Waals surface area contributed by atoms with E-state index in [1.54, 1.807) is 17.1 Å². The molecule has 0 aromatic heterocycles. The third-order valence-corrected chi connectivity index (χ3v) is 6.48. The predicted octanol–water partition coefficient (Wildman–Crippen LogP) is 1.93. The van der Waals surface area contributed by atoms with E-state index in [4.69, 9.17) is 0 Å². The summed E-state index contributed by atoms with van der Waals surface area (Å²) in [5.41, 5.74) is 2.48. The molecule has 162 valence electrons. The van der Waals surface area contributed by atoms with Crippen LogP contribution in [0.25, 0.3) is 6.08 Å². The SMILES string of the molecule is CC(C)[C@H]1C(=O)N(S(C)(=O)=O)C2=CCN(C(=O)C=Cc3ccc(CN(C)C)cc3)[C@@H]21. The van der Waals surface area contributed by atoms with Crippen molar-refractivity contribution in [3.05, 3.63) is 53.2 Å². The van der Waals surface area contributed by atoms with Gasteiger partial charge in [-0.3, -0.25) is 9.59 Å². The molecular weight excluding hydrogens is 402 g/mol.